The summed E-state index contributed by atoms with van der Waals surface area (Å²) in [5.74, 6) is 0. The molecule has 1 rings (SSSR count). The number of halogens is 1. The van der Waals surface area contributed by atoms with Crippen molar-refractivity contribution in [2.45, 2.75) is 19.9 Å². The molecule has 0 aromatic heterocycles. The molecule has 0 atom stereocenters. The van der Waals surface area contributed by atoms with Gasteiger partial charge < -0.3 is 0 Å². The van der Waals surface area contributed by atoms with Gasteiger partial charge in [-0.25, -0.2) is 0 Å². The van der Waals surface area contributed by atoms with Crippen LogP contribution in [0.3, 0.4) is 0 Å². The maximum Gasteiger partial charge on any atom is 0.0294 e. The van der Waals surface area contributed by atoms with Gasteiger partial charge in [0.05, 0.1) is 0 Å². The first kappa shape index (κ1) is 11.2. The second-order valence-electron chi connectivity index (χ2n) is 3.92. The van der Waals surface area contributed by atoms with Crippen LogP contribution < -0.4 is 0 Å². The van der Waals surface area contributed by atoms with Gasteiger partial charge in [-0.1, -0.05) is 22.5 Å². The number of piperazine rings is 1. The molecule has 0 bridgehead atoms. The Balaban J connectivity index is 2.26. The molecule has 1 aliphatic heterocycles. The van der Waals surface area contributed by atoms with Gasteiger partial charge in [-0.3, -0.25) is 9.80 Å². The zero-order valence-electron chi connectivity index (χ0n) is 8.59. The molecule has 76 valence electrons. The Morgan fingerprint density at radius 2 is 1.85 bits per heavy atom. The van der Waals surface area contributed by atoms with Crippen molar-refractivity contribution >= 4 is 15.9 Å². The standard InChI is InChI=1S/C10H19BrN2/c1-9(2)13-6-4-12(5-7-13)8-10(3)11/h9H,3-8H2,1-2H3. The lowest BCUT2D eigenvalue weighted by Gasteiger charge is -2.36. The van der Waals surface area contributed by atoms with Crippen LogP contribution in [0.2, 0.25) is 0 Å². The summed E-state index contributed by atoms with van der Waals surface area (Å²) < 4.78 is 1.09. The Morgan fingerprint density at radius 1 is 1.31 bits per heavy atom. The predicted molar refractivity (Wildman–Crippen MR) is 61.2 cm³/mol. The third-order valence-corrected chi connectivity index (χ3v) is 2.78. The van der Waals surface area contributed by atoms with Crippen LogP contribution in [-0.4, -0.2) is 48.6 Å². The molecule has 0 aliphatic carbocycles. The quantitative estimate of drug-likeness (QED) is 0.751. The van der Waals surface area contributed by atoms with Crippen molar-refractivity contribution in [3.63, 3.8) is 0 Å². The lowest BCUT2D eigenvalue weighted by Crippen LogP contribution is -2.48. The third-order valence-electron chi connectivity index (χ3n) is 2.53. The molecular formula is C10H19BrN2. The van der Waals surface area contributed by atoms with Gasteiger partial charge in [0.15, 0.2) is 0 Å². The van der Waals surface area contributed by atoms with Gasteiger partial charge in [-0.05, 0) is 13.8 Å². The molecule has 2 nitrogen and oxygen atoms in total. The van der Waals surface area contributed by atoms with Crippen molar-refractivity contribution < 1.29 is 0 Å². The van der Waals surface area contributed by atoms with Crippen molar-refractivity contribution in [1.82, 2.24) is 9.80 Å². The van der Waals surface area contributed by atoms with Crippen LogP contribution in [0.5, 0.6) is 0 Å². The average molecular weight is 247 g/mol. The summed E-state index contributed by atoms with van der Waals surface area (Å²) in [5.41, 5.74) is 0. The van der Waals surface area contributed by atoms with Crippen LogP contribution in [0.25, 0.3) is 0 Å². The number of rotatable bonds is 3. The summed E-state index contributed by atoms with van der Waals surface area (Å²) in [5, 5.41) is 0. The van der Waals surface area contributed by atoms with Crippen LogP contribution in [-0.2, 0) is 0 Å². The monoisotopic (exact) mass is 246 g/mol. The Hall–Kier alpha value is 0.140. The number of nitrogens with zero attached hydrogens (tertiary/aromatic N) is 2. The highest BCUT2D eigenvalue weighted by Gasteiger charge is 2.18. The molecule has 0 aromatic rings. The molecule has 0 radical (unpaired) electrons. The van der Waals surface area contributed by atoms with E-state index in [4.69, 9.17) is 0 Å². The largest absolute Gasteiger partial charge is 0.298 e. The molecule has 0 spiro atoms. The zero-order valence-corrected chi connectivity index (χ0v) is 10.2. The molecule has 1 heterocycles. The zero-order chi connectivity index (χ0) is 9.84. The van der Waals surface area contributed by atoms with E-state index >= 15 is 0 Å². The van der Waals surface area contributed by atoms with E-state index < -0.39 is 0 Å². The van der Waals surface area contributed by atoms with E-state index in [1.807, 2.05) is 0 Å². The lowest BCUT2D eigenvalue weighted by atomic mass is 10.2. The number of hydrogen-bond donors (Lipinski definition) is 0. The highest BCUT2D eigenvalue weighted by atomic mass is 79.9. The van der Waals surface area contributed by atoms with Gasteiger partial charge in [0.25, 0.3) is 0 Å². The van der Waals surface area contributed by atoms with Crippen LogP contribution in [0.4, 0.5) is 0 Å². The summed E-state index contributed by atoms with van der Waals surface area (Å²) in [4.78, 5) is 4.96. The molecule has 0 N–H and O–H groups in total. The molecule has 0 unspecified atom stereocenters. The van der Waals surface area contributed by atoms with Crippen molar-refractivity contribution in [3.8, 4) is 0 Å². The molecule has 13 heavy (non-hydrogen) atoms. The molecule has 1 aliphatic rings. The van der Waals surface area contributed by atoms with E-state index in [1.165, 1.54) is 26.2 Å². The first-order valence-corrected chi connectivity index (χ1v) is 5.68. The van der Waals surface area contributed by atoms with Crippen LogP contribution in [0.15, 0.2) is 11.1 Å². The van der Waals surface area contributed by atoms with Crippen molar-refractivity contribution in [3.05, 3.63) is 11.1 Å². The van der Waals surface area contributed by atoms with Crippen molar-refractivity contribution in [2.75, 3.05) is 32.7 Å². The molecule has 0 amide bonds. The van der Waals surface area contributed by atoms with E-state index in [0.717, 1.165) is 11.0 Å². The fourth-order valence-electron chi connectivity index (χ4n) is 1.68. The Kier molecular flexibility index (Phi) is 4.42. The lowest BCUT2D eigenvalue weighted by molar-refractivity contribution is 0.116. The molecular weight excluding hydrogens is 228 g/mol. The molecule has 1 saturated heterocycles. The SMILES string of the molecule is C=C(Br)CN1CCN(C(C)C)CC1. The summed E-state index contributed by atoms with van der Waals surface area (Å²) in [6.07, 6.45) is 0. The highest BCUT2D eigenvalue weighted by molar-refractivity contribution is 9.11. The third kappa shape index (κ3) is 3.79. The first-order valence-electron chi connectivity index (χ1n) is 4.89. The van der Waals surface area contributed by atoms with E-state index in [9.17, 15) is 0 Å². The van der Waals surface area contributed by atoms with Crippen LogP contribution >= 0.6 is 15.9 Å². The minimum atomic E-state index is 0.689. The maximum atomic E-state index is 3.86. The second kappa shape index (κ2) is 5.13. The van der Waals surface area contributed by atoms with Gasteiger partial charge in [0, 0.05) is 43.2 Å². The van der Waals surface area contributed by atoms with Gasteiger partial charge in [0.1, 0.15) is 0 Å². The average Bonchev–Trinajstić information content (AvgIpc) is 2.04. The Labute approximate surface area is 89.7 Å². The fourth-order valence-corrected chi connectivity index (χ4v) is 2.04. The van der Waals surface area contributed by atoms with Gasteiger partial charge >= 0.3 is 0 Å². The number of hydrogen-bond acceptors (Lipinski definition) is 2. The van der Waals surface area contributed by atoms with Gasteiger partial charge in [0.2, 0.25) is 0 Å². The molecule has 1 fully saturated rings. The van der Waals surface area contributed by atoms with Crippen LogP contribution in [0, 0.1) is 0 Å². The molecule has 0 aromatic carbocycles. The smallest absolute Gasteiger partial charge is 0.0294 e. The van der Waals surface area contributed by atoms with Crippen molar-refractivity contribution in [2.24, 2.45) is 0 Å². The molecule has 0 saturated carbocycles. The summed E-state index contributed by atoms with van der Waals surface area (Å²) in [7, 11) is 0. The fraction of sp³-hybridized carbons (Fsp3) is 0.800. The molecule has 3 heteroatoms. The second-order valence-corrected chi connectivity index (χ2v) is 5.04. The predicted octanol–water partition coefficient (Wildman–Crippen LogP) is 1.92. The Bertz CT molecular complexity index is 172. The van der Waals surface area contributed by atoms with Crippen LogP contribution in [0.1, 0.15) is 13.8 Å². The Morgan fingerprint density at radius 3 is 2.23 bits per heavy atom. The minimum absolute atomic E-state index is 0.689. The summed E-state index contributed by atoms with van der Waals surface area (Å²) in [6, 6.07) is 0.689. The van der Waals surface area contributed by atoms with Crippen molar-refractivity contribution in [1.29, 1.82) is 0 Å². The first-order chi connectivity index (χ1) is 6.09. The topological polar surface area (TPSA) is 6.48 Å². The minimum Gasteiger partial charge on any atom is -0.298 e. The van der Waals surface area contributed by atoms with E-state index in [1.54, 1.807) is 0 Å². The summed E-state index contributed by atoms with van der Waals surface area (Å²) in [6.45, 7) is 14.1. The van der Waals surface area contributed by atoms with E-state index in [0.29, 0.717) is 6.04 Å². The maximum absolute atomic E-state index is 3.86. The normalized spacial score (nSPS) is 20.9. The highest BCUT2D eigenvalue weighted by Crippen LogP contribution is 2.09. The summed E-state index contributed by atoms with van der Waals surface area (Å²) >= 11 is 3.40. The van der Waals surface area contributed by atoms with Gasteiger partial charge in [-0.2, -0.15) is 0 Å². The van der Waals surface area contributed by atoms with E-state index in [2.05, 4.69) is 46.2 Å². The van der Waals surface area contributed by atoms with E-state index in [-0.39, 0.29) is 0 Å². The van der Waals surface area contributed by atoms with Gasteiger partial charge in [-0.15, -0.1) is 0 Å².